The summed E-state index contributed by atoms with van der Waals surface area (Å²) in [5.41, 5.74) is 6.23. The number of hydrogen-bond acceptors (Lipinski definition) is 5. The first-order valence-corrected chi connectivity index (χ1v) is 6.47. The smallest absolute Gasteiger partial charge is 0.107 e. The number of rotatable bonds is 3. The number of nitrogens with two attached hydrogens (primary N) is 1. The van der Waals surface area contributed by atoms with Crippen LogP contribution >= 0.6 is 21.6 Å². The molecule has 0 fully saturated rings. The molecule has 5 heteroatoms. The number of hydrogen-bond donors (Lipinski definition) is 1. The highest BCUT2D eigenvalue weighted by molar-refractivity contribution is 8.76. The van der Waals surface area contributed by atoms with Crippen molar-refractivity contribution in [1.82, 2.24) is 9.97 Å². The zero-order chi connectivity index (χ0) is 10.5. The Hall–Kier alpha value is -1.20. The average Bonchev–Trinajstić information content (AvgIpc) is 2.30. The molecular formula is C10H9N3S2. The molecule has 0 saturated heterocycles. The SMILES string of the molecule is Nc1ccc(SSc2ccccn2)nc1. The summed E-state index contributed by atoms with van der Waals surface area (Å²) in [6, 6.07) is 9.57. The van der Waals surface area contributed by atoms with Gasteiger partial charge in [0.25, 0.3) is 0 Å². The highest BCUT2D eigenvalue weighted by atomic mass is 33.1. The molecule has 15 heavy (non-hydrogen) atoms. The molecule has 0 radical (unpaired) electrons. The molecule has 0 saturated carbocycles. The van der Waals surface area contributed by atoms with Crippen LogP contribution < -0.4 is 5.73 Å². The van der Waals surface area contributed by atoms with E-state index in [1.807, 2.05) is 30.3 Å². The van der Waals surface area contributed by atoms with E-state index in [4.69, 9.17) is 5.73 Å². The van der Waals surface area contributed by atoms with E-state index < -0.39 is 0 Å². The summed E-state index contributed by atoms with van der Waals surface area (Å²) >= 11 is 0. The van der Waals surface area contributed by atoms with Crippen molar-refractivity contribution >= 4 is 27.3 Å². The molecule has 2 aromatic heterocycles. The second-order valence-electron chi connectivity index (χ2n) is 2.76. The minimum atomic E-state index is 0.683. The summed E-state index contributed by atoms with van der Waals surface area (Å²) < 4.78 is 0. The van der Waals surface area contributed by atoms with Crippen LogP contribution in [0.5, 0.6) is 0 Å². The quantitative estimate of drug-likeness (QED) is 0.829. The molecule has 0 spiro atoms. The fourth-order valence-corrected chi connectivity index (χ4v) is 2.65. The van der Waals surface area contributed by atoms with Crippen LogP contribution in [0.4, 0.5) is 5.69 Å². The van der Waals surface area contributed by atoms with Gasteiger partial charge in [-0.25, -0.2) is 9.97 Å². The average molecular weight is 235 g/mol. The summed E-state index contributed by atoms with van der Waals surface area (Å²) in [7, 11) is 3.15. The molecule has 0 amide bonds. The third-order valence-electron chi connectivity index (χ3n) is 1.61. The summed E-state index contributed by atoms with van der Waals surface area (Å²) in [6.45, 7) is 0. The maximum atomic E-state index is 5.54. The van der Waals surface area contributed by atoms with E-state index in [0.29, 0.717) is 5.69 Å². The van der Waals surface area contributed by atoms with Crippen molar-refractivity contribution in [1.29, 1.82) is 0 Å². The second kappa shape index (κ2) is 5.04. The summed E-state index contributed by atoms with van der Waals surface area (Å²) in [5.74, 6) is 0. The van der Waals surface area contributed by atoms with Gasteiger partial charge in [-0.2, -0.15) is 0 Å². The third-order valence-corrected chi connectivity index (χ3v) is 3.79. The monoisotopic (exact) mass is 235 g/mol. The topological polar surface area (TPSA) is 51.8 Å². The molecule has 0 bridgehead atoms. The predicted molar refractivity (Wildman–Crippen MR) is 64.6 cm³/mol. The van der Waals surface area contributed by atoms with E-state index >= 15 is 0 Å². The maximum absolute atomic E-state index is 5.54. The second-order valence-corrected chi connectivity index (χ2v) is 4.93. The molecule has 0 unspecified atom stereocenters. The van der Waals surface area contributed by atoms with E-state index in [1.54, 1.807) is 34.0 Å². The van der Waals surface area contributed by atoms with E-state index in [9.17, 15) is 0 Å². The van der Waals surface area contributed by atoms with Gasteiger partial charge in [0.05, 0.1) is 11.9 Å². The molecule has 2 rings (SSSR count). The zero-order valence-corrected chi connectivity index (χ0v) is 9.46. The first kappa shape index (κ1) is 10.3. The van der Waals surface area contributed by atoms with Crippen molar-refractivity contribution in [3.05, 3.63) is 42.7 Å². The minimum absolute atomic E-state index is 0.683. The van der Waals surface area contributed by atoms with Crippen LogP contribution in [0.15, 0.2) is 52.8 Å². The van der Waals surface area contributed by atoms with Gasteiger partial charge in [-0.3, -0.25) is 0 Å². The Labute approximate surface area is 95.9 Å². The van der Waals surface area contributed by atoms with E-state index in [2.05, 4.69) is 9.97 Å². The van der Waals surface area contributed by atoms with Gasteiger partial charge >= 0.3 is 0 Å². The Kier molecular flexibility index (Phi) is 3.47. The molecule has 0 aliphatic carbocycles. The van der Waals surface area contributed by atoms with E-state index in [-0.39, 0.29) is 0 Å². The van der Waals surface area contributed by atoms with Crippen molar-refractivity contribution in [2.24, 2.45) is 0 Å². The molecule has 0 aromatic carbocycles. The Balaban J connectivity index is 1.96. The number of pyridine rings is 2. The molecule has 0 aliphatic rings. The van der Waals surface area contributed by atoms with Crippen molar-refractivity contribution in [3.8, 4) is 0 Å². The lowest BCUT2D eigenvalue weighted by Crippen LogP contribution is -1.85. The normalized spacial score (nSPS) is 10.1. The minimum Gasteiger partial charge on any atom is -0.397 e. The highest BCUT2D eigenvalue weighted by Gasteiger charge is 1.98. The molecule has 0 aliphatic heterocycles. The zero-order valence-electron chi connectivity index (χ0n) is 7.83. The standard InChI is InChI=1S/C10H9N3S2/c11-8-4-5-10(13-7-8)15-14-9-3-1-2-6-12-9/h1-7H,11H2. The van der Waals surface area contributed by atoms with Crippen molar-refractivity contribution < 1.29 is 0 Å². The first-order valence-electron chi connectivity index (χ1n) is 4.32. The molecule has 2 N–H and O–H groups in total. The number of nitrogen functional groups attached to an aromatic ring is 1. The van der Waals surface area contributed by atoms with Crippen LogP contribution in [0.3, 0.4) is 0 Å². The largest absolute Gasteiger partial charge is 0.397 e. The molecule has 2 aromatic rings. The van der Waals surface area contributed by atoms with Crippen molar-refractivity contribution in [2.75, 3.05) is 5.73 Å². The predicted octanol–water partition coefficient (Wildman–Crippen LogP) is 2.86. The van der Waals surface area contributed by atoms with Crippen LogP contribution in [-0.4, -0.2) is 9.97 Å². The van der Waals surface area contributed by atoms with Crippen molar-refractivity contribution in [2.45, 2.75) is 10.1 Å². The number of nitrogens with zero attached hydrogens (tertiary/aromatic N) is 2. The van der Waals surface area contributed by atoms with Gasteiger partial charge in [0.2, 0.25) is 0 Å². The molecule has 76 valence electrons. The Morgan fingerprint density at radius 2 is 1.73 bits per heavy atom. The van der Waals surface area contributed by atoms with Crippen LogP contribution in [0.1, 0.15) is 0 Å². The fraction of sp³-hybridized carbons (Fsp3) is 0. The molecule has 3 nitrogen and oxygen atoms in total. The third kappa shape index (κ3) is 3.14. The summed E-state index contributed by atoms with van der Waals surface area (Å²) in [4.78, 5) is 8.38. The van der Waals surface area contributed by atoms with Crippen LogP contribution in [0, 0.1) is 0 Å². The van der Waals surface area contributed by atoms with Gasteiger partial charge in [0.1, 0.15) is 10.1 Å². The van der Waals surface area contributed by atoms with Gasteiger partial charge in [-0.1, -0.05) is 6.07 Å². The highest BCUT2D eigenvalue weighted by Crippen LogP contribution is 2.34. The van der Waals surface area contributed by atoms with Crippen molar-refractivity contribution in [3.63, 3.8) is 0 Å². The Morgan fingerprint density at radius 3 is 2.33 bits per heavy atom. The van der Waals surface area contributed by atoms with Crippen LogP contribution in [0.25, 0.3) is 0 Å². The van der Waals surface area contributed by atoms with Gasteiger partial charge in [0, 0.05) is 6.20 Å². The summed E-state index contributed by atoms with van der Waals surface area (Å²) in [6.07, 6.45) is 3.43. The Bertz CT molecular complexity index is 416. The van der Waals surface area contributed by atoms with Crippen LogP contribution in [0.2, 0.25) is 0 Å². The van der Waals surface area contributed by atoms with Gasteiger partial charge in [-0.15, -0.1) is 0 Å². The Morgan fingerprint density at radius 1 is 0.933 bits per heavy atom. The maximum Gasteiger partial charge on any atom is 0.107 e. The van der Waals surface area contributed by atoms with E-state index in [1.165, 1.54) is 0 Å². The number of aromatic nitrogens is 2. The molecular weight excluding hydrogens is 226 g/mol. The fourth-order valence-electron chi connectivity index (χ4n) is 0.923. The van der Waals surface area contributed by atoms with Gasteiger partial charge < -0.3 is 5.73 Å². The summed E-state index contributed by atoms with van der Waals surface area (Å²) in [5, 5.41) is 1.90. The lowest BCUT2D eigenvalue weighted by Gasteiger charge is -1.99. The first-order chi connectivity index (χ1) is 7.34. The van der Waals surface area contributed by atoms with E-state index in [0.717, 1.165) is 10.1 Å². The lowest BCUT2D eigenvalue weighted by molar-refractivity contribution is 1.14. The van der Waals surface area contributed by atoms with Crippen LogP contribution in [-0.2, 0) is 0 Å². The van der Waals surface area contributed by atoms with Gasteiger partial charge in [-0.05, 0) is 45.9 Å². The molecule has 0 atom stereocenters. The molecule has 2 heterocycles. The number of anilines is 1. The van der Waals surface area contributed by atoms with Gasteiger partial charge in [0.15, 0.2) is 0 Å². The lowest BCUT2D eigenvalue weighted by atomic mass is 10.4.